The Hall–Kier alpha value is -0.172. The Balaban J connectivity index is 0. The van der Waals surface area contributed by atoms with E-state index in [-0.39, 0.29) is 11.0 Å². The van der Waals surface area contributed by atoms with E-state index in [2.05, 4.69) is 18.7 Å². The van der Waals surface area contributed by atoms with Gasteiger partial charge in [0.1, 0.15) is 0 Å². The van der Waals surface area contributed by atoms with E-state index >= 15 is 0 Å². The molecule has 3 heteroatoms. The molecule has 0 radical (unpaired) electrons. The quantitative estimate of drug-likeness (QED) is 0.730. The molecule has 0 heterocycles. The Kier molecular flexibility index (Phi) is 7.97. The van der Waals surface area contributed by atoms with Crippen LogP contribution in [0.2, 0.25) is 0 Å². The van der Waals surface area contributed by atoms with Crippen LogP contribution in [-0.2, 0) is 19.8 Å². The summed E-state index contributed by atoms with van der Waals surface area (Å²) in [6, 6.07) is 0. The fraction of sp³-hybridized carbons (Fsp3) is 0.250. The van der Waals surface area contributed by atoms with Gasteiger partial charge in [0, 0.05) is 0 Å². The predicted octanol–water partition coefficient (Wildman–Crippen LogP) is 1.97. The summed E-state index contributed by atoms with van der Waals surface area (Å²) in [6.07, 6.45) is 8.63. The van der Waals surface area contributed by atoms with Crippen molar-refractivity contribution in [3.8, 4) is 0 Å². The molecule has 61 valence electrons. The third-order valence-corrected chi connectivity index (χ3v) is 2.89. The van der Waals surface area contributed by atoms with Crippen molar-refractivity contribution in [1.29, 1.82) is 0 Å². The summed E-state index contributed by atoms with van der Waals surface area (Å²) in [5, 5.41) is 0. The topological polar surface area (TPSA) is 60.0 Å². The minimum atomic E-state index is 0. The molecule has 11 heavy (non-hydrogen) atoms. The van der Waals surface area contributed by atoms with Crippen molar-refractivity contribution in [2.45, 2.75) is 12.8 Å². The second-order valence-corrected chi connectivity index (χ2v) is 3.82. The summed E-state index contributed by atoms with van der Waals surface area (Å²) in [4.78, 5) is 0. The summed E-state index contributed by atoms with van der Waals surface area (Å²) in [5.74, 6) is 0. The first-order valence-electron chi connectivity index (χ1n) is 3.01. The molecule has 0 amide bonds. The van der Waals surface area contributed by atoms with Crippen molar-refractivity contribution in [2.75, 3.05) is 0 Å². The van der Waals surface area contributed by atoms with E-state index in [1.807, 2.05) is 6.08 Å². The van der Waals surface area contributed by atoms with Gasteiger partial charge in [-0.1, -0.05) is 0 Å². The maximum Gasteiger partial charge on any atom is -0.870 e. The van der Waals surface area contributed by atoms with Crippen molar-refractivity contribution >= 4 is 0 Å². The first-order valence-corrected chi connectivity index (χ1v) is 4.47. The average Bonchev–Trinajstić information content (AvgIpc) is 2.18. The Bertz CT molecular complexity index is 183. The molecular formula is C8H11O2W. The SMILES string of the molecule is C=CCC1=[C]([W+2])CC=C1.[OH-].[OH-]. The molecule has 0 saturated carbocycles. The zero-order chi connectivity index (χ0) is 6.69. The van der Waals surface area contributed by atoms with Crippen LogP contribution in [0.1, 0.15) is 12.8 Å². The summed E-state index contributed by atoms with van der Waals surface area (Å²) >= 11 is 1.60. The molecule has 0 spiro atoms. The van der Waals surface area contributed by atoms with Crippen LogP contribution in [0.25, 0.3) is 0 Å². The van der Waals surface area contributed by atoms with E-state index in [0.717, 1.165) is 6.42 Å². The zero-order valence-corrected chi connectivity index (χ0v) is 9.09. The fourth-order valence-corrected chi connectivity index (χ4v) is 1.76. The van der Waals surface area contributed by atoms with E-state index < -0.39 is 0 Å². The molecule has 0 aliphatic heterocycles. The van der Waals surface area contributed by atoms with Crippen LogP contribution in [0.5, 0.6) is 0 Å². The van der Waals surface area contributed by atoms with Gasteiger partial charge >= 0.3 is 67.0 Å². The molecular weight excluding hydrogens is 312 g/mol. The molecule has 0 aromatic carbocycles. The van der Waals surface area contributed by atoms with E-state index in [4.69, 9.17) is 0 Å². The van der Waals surface area contributed by atoms with E-state index in [0.29, 0.717) is 0 Å². The predicted molar refractivity (Wildman–Crippen MR) is 39.5 cm³/mol. The molecule has 1 rings (SSSR count). The molecule has 2 nitrogen and oxygen atoms in total. The van der Waals surface area contributed by atoms with Crippen molar-refractivity contribution in [3.63, 3.8) is 0 Å². The molecule has 0 fully saturated rings. The molecule has 1 aliphatic carbocycles. The van der Waals surface area contributed by atoms with E-state index in [9.17, 15) is 0 Å². The Morgan fingerprint density at radius 3 is 2.55 bits per heavy atom. The Morgan fingerprint density at radius 1 is 1.55 bits per heavy atom. The standard InChI is InChI=1S/C8H9.2H2O.W/c1-2-5-8-6-3-4-7-8;;;/h2-3,6H,1,4-5H2;2*1H2;/q;;;+2/p-2. The first-order chi connectivity index (χ1) is 4.34. The summed E-state index contributed by atoms with van der Waals surface area (Å²) in [6.45, 7) is 3.70. The molecule has 0 aromatic rings. The van der Waals surface area contributed by atoms with Crippen LogP contribution in [0.4, 0.5) is 0 Å². The molecule has 1 aliphatic rings. The van der Waals surface area contributed by atoms with Gasteiger partial charge in [0.05, 0.1) is 0 Å². The molecule has 0 aromatic heterocycles. The van der Waals surface area contributed by atoms with Gasteiger partial charge in [0.25, 0.3) is 0 Å². The number of hydrogen-bond acceptors (Lipinski definition) is 2. The first kappa shape index (κ1) is 13.4. The number of rotatable bonds is 2. The van der Waals surface area contributed by atoms with Gasteiger partial charge in [-0.25, -0.2) is 0 Å². The maximum atomic E-state index is 3.70. The summed E-state index contributed by atoms with van der Waals surface area (Å²) < 4.78 is 1.58. The monoisotopic (exact) mass is 323 g/mol. The molecule has 0 bridgehead atoms. The second kappa shape index (κ2) is 6.53. The molecule has 0 atom stereocenters. The Labute approximate surface area is 78.2 Å². The summed E-state index contributed by atoms with van der Waals surface area (Å²) in [5.41, 5.74) is 1.49. The number of hydrogen-bond donors (Lipinski definition) is 0. The largest absolute Gasteiger partial charge is 0.870 e. The van der Waals surface area contributed by atoms with Crippen LogP contribution in [0.15, 0.2) is 34.3 Å². The van der Waals surface area contributed by atoms with Gasteiger partial charge in [-0.15, -0.1) is 0 Å². The van der Waals surface area contributed by atoms with E-state index in [1.165, 1.54) is 12.0 Å². The third kappa shape index (κ3) is 3.66. The van der Waals surface area contributed by atoms with Gasteiger partial charge in [0.15, 0.2) is 0 Å². The van der Waals surface area contributed by atoms with Crippen LogP contribution < -0.4 is 0 Å². The molecule has 0 unspecified atom stereocenters. The molecule has 2 N–H and O–H groups in total. The van der Waals surface area contributed by atoms with Crippen LogP contribution >= 0.6 is 0 Å². The maximum absolute atomic E-state index is 3.70. The van der Waals surface area contributed by atoms with Crippen molar-refractivity contribution < 1.29 is 30.8 Å². The second-order valence-electron chi connectivity index (χ2n) is 2.05. The van der Waals surface area contributed by atoms with Crippen molar-refractivity contribution in [3.05, 3.63) is 34.3 Å². The van der Waals surface area contributed by atoms with Gasteiger partial charge < -0.3 is 11.0 Å². The molecule has 0 saturated heterocycles. The smallest absolute Gasteiger partial charge is 0.870 e. The average molecular weight is 323 g/mol. The van der Waals surface area contributed by atoms with Crippen LogP contribution in [-0.4, -0.2) is 11.0 Å². The van der Waals surface area contributed by atoms with Gasteiger partial charge in [-0.3, -0.25) is 0 Å². The fourth-order valence-electron chi connectivity index (χ4n) is 0.870. The van der Waals surface area contributed by atoms with Crippen LogP contribution in [0.3, 0.4) is 0 Å². The zero-order valence-electron chi connectivity index (χ0n) is 6.16. The van der Waals surface area contributed by atoms with E-state index in [1.54, 1.807) is 23.8 Å². The van der Waals surface area contributed by atoms with Crippen molar-refractivity contribution in [2.24, 2.45) is 0 Å². The number of allylic oxidation sites excluding steroid dienone is 5. The van der Waals surface area contributed by atoms with Gasteiger partial charge in [-0.05, 0) is 0 Å². The Morgan fingerprint density at radius 2 is 2.18 bits per heavy atom. The minimum Gasteiger partial charge on any atom is -0.870 e. The van der Waals surface area contributed by atoms with Crippen molar-refractivity contribution in [1.82, 2.24) is 0 Å². The van der Waals surface area contributed by atoms with Gasteiger partial charge in [-0.2, -0.15) is 0 Å². The minimum absolute atomic E-state index is 0. The normalized spacial score (nSPS) is 13.7. The summed E-state index contributed by atoms with van der Waals surface area (Å²) in [7, 11) is 0. The third-order valence-electron chi connectivity index (χ3n) is 1.34. The van der Waals surface area contributed by atoms with Crippen LogP contribution in [0, 0.1) is 0 Å². The van der Waals surface area contributed by atoms with Gasteiger partial charge in [0.2, 0.25) is 0 Å².